The summed E-state index contributed by atoms with van der Waals surface area (Å²) in [7, 11) is 3.46. The third-order valence-electron chi connectivity index (χ3n) is 4.14. The van der Waals surface area contributed by atoms with Crippen molar-refractivity contribution in [3.8, 4) is 11.5 Å². The van der Waals surface area contributed by atoms with Gasteiger partial charge >= 0.3 is 0 Å². The summed E-state index contributed by atoms with van der Waals surface area (Å²) in [6.07, 6.45) is 2.51. The average molecular weight is 315 g/mol. The van der Waals surface area contributed by atoms with Crippen LogP contribution in [0.4, 0.5) is 0 Å². The van der Waals surface area contributed by atoms with Crippen molar-refractivity contribution < 1.29 is 14.3 Å². The Morgan fingerprint density at radius 3 is 3.04 bits per heavy atom. The molecule has 2 heterocycles. The summed E-state index contributed by atoms with van der Waals surface area (Å²) >= 11 is 0. The molecule has 23 heavy (non-hydrogen) atoms. The summed E-state index contributed by atoms with van der Waals surface area (Å²) in [5, 5.41) is 2.98. The molecule has 1 aliphatic rings. The highest BCUT2D eigenvalue weighted by molar-refractivity contribution is 5.93. The number of hydrogen-bond donors (Lipinski definition) is 1. The number of methoxy groups -OCH3 is 1. The quantitative estimate of drug-likeness (QED) is 0.933. The van der Waals surface area contributed by atoms with Gasteiger partial charge in [-0.05, 0) is 25.0 Å². The summed E-state index contributed by atoms with van der Waals surface area (Å²) < 4.78 is 12.9. The van der Waals surface area contributed by atoms with E-state index in [2.05, 4.69) is 10.3 Å². The van der Waals surface area contributed by atoms with Crippen LogP contribution < -0.4 is 14.8 Å². The summed E-state index contributed by atoms with van der Waals surface area (Å²) in [5.41, 5.74) is 2.45. The largest absolute Gasteiger partial charge is 0.493 e. The highest BCUT2D eigenvalue weighted by atomic mass is 16.5. The lowest BCUT2D eigenvalue weighted by Gasteiger charge is -2.26. The molecule has 1 N–H and O–H groups in total. The number of carbonyl (C=O) groups excluding carboxylic acids is 1. The van der Waals surface area contributed by atoms with Crippen molar-refractivity contribution in [1.82, 2.24) is 14.9 Å². The lowest BCUT2D eigenvalue weighted by atomic mass is 9.96. The first kappa shape index (κ1) is 15.4. The number of fused-ring (bicyclic) bond motifs is 1. The van der Waals surface area contributed by atoms with Crippen LogP contribution in [0, 0.1) is 12.8 Å². The molecule has 3 rings (SSSR count). The third kappa shape index (κ3) is 3.02. The number of hydrogen-bond acceptors (Lipinski definition) is 4. The van der Waals surface area contributed by atoms with Gasteiger partial charge in [0.15, 0.2) is 11.5 Å². The molecular formula is C17H21N3O3. The van der Waals surface area contributed by atoms with Gasteiger partial charge in [-0.25, -0.2) is 4.98 Å². The van der Waals surface area contributed by atoms with Gasteiger partial charge in [0.2, 0.25) is 0 Å². The third-order valence-corrected chi connectivity index (χ3v) is 4.14. The number of nitrogens with one attached hydrogen (secondary N) is 1. The van der Waals surface area contributed by atoms with Crippen LogP contribution in [0.1, 0.15) is 21.7 Å². The monoisotopic (exact) mass is 315 g/mol. The Hall–Kier alpha value is -2.50. The molecular weight excluding hydrogens is 294 g/mol. The first-order chi connectivity index (χ1) is 11.1. The van der Waals surface area contributed by atoms with Gasteiger partial charge in [0.25, 0.3) is 5.91 Å². The van der Waals surface area contributed by atoms with E-state index >= 15 is 0 Å². The number of benzene rings is 1. The fraction of sp³-hybridized carbons (Fsp3) is 0.412. The molecule has 122 valence electrons. The van der Waals surface area contributed by atoms with Crippen LogP contribution in [0.25, 0.3) is 0 Å². The molecule has 0 spiro atoms. The highest BCUT2D eigenvalue weighted by Gasteiger charge is 2.24. The van der Waals surface area contributed by atoms with Gasteiger partial charge in [-0.3, -0.25) is 4.79 Å². The molecule has 0 radical (unpaired) electrons. The van der Waals surface area contributed by atoms with Gasteiger partial charge < -0.3 is 19.4 Å². The van der Waals surface area contributed by atoms with Crippen molar-refractivity contribution >= 4 is 5.91 Å². The molecule has 0 saturated carbocycles. The van der Waals surface area contributed by atoms with Gasteiger partial charge in [-0.2, -0.15) is 0 Å². The molecule has 6 nitrogen and oxygen atoms in total. The second-order valence-electron chi connectivity index (χ2n) is 5.83. The number of para-hydroxylation sites is 1. The van der Waals surface area contributed by atoms with Crippen LogP contribution in [0.15, 0.2) is 24.5 Å². The second kappa shape index (κ2) is 6.32. The number of imidazole rings is 1. The number of ether oxygens (including phenoxy) is 2. The molecule has 1 aromatic carbocycles. The number of nitrogens with zero attached hydrogens (tertiary/aromatic N) is 2. The summed E-state index contributed by atoms with van der Waals surface area (Å²) in [6, 6.07) is 5.89. The number of aromatic nitrogens is 2. The molecule has 1 aromatic heterocycles. The fourth-order valence-electron chi connectivity index (χ4n) is 2.94. The van der Waals surface area contributed by atoms with Crippen LogP contribution in [0.5, 0.6) is 11.5 Å². The maximum absolute atomic E-state index is 12.3. The topological polar surface area (TPSA) is 65.4 Å². The van der Waals surface area contributed by atoms with Gasteiger partial charge in [0.1, 0.15) is 5.69 Å². The molecule has 1 atom stereocenters. The van der Waals surface area contributed by atoms with Crippen molar-refractivity contribution in [3.63, 3.8) is 0 Å². The van der Waals surface area contributed by atoms with Crippen molar-refractivity contribution in [2.24, 2.45) is 13.0 Å². The smallest absolute Gasteiger partial charge is 0.269 e. The van der Waals surface area contributed by atoms with E-state index in [1.807, 2.05) is 32.2 Å². The predicted molar refractivity (Wildman–Crippen MR) is 86.0 cm³/mol. The number of rotatable bonds is 4. The minimum atomic E-state index is -0.0982. The number of amides is 1. The zero-order chi connectivity index (χ0) is 16.4. The predicted octanol–water partition coefficient (Wildman–Crippen LogP) is 1.72. The van der Waals surface area contributed by atoms with E-state index in [4.69, 9.17) is 9.47 Å². The molecule has 1 aliphatic heterocycles. The Balaban J connectivity index is 1.63. The average Bonchev–Trinajstić information content (AvgIpc) is 2.90. The molecule has 1 amide bonds. The normalized spacial score (nSPS) is 16.4. The zero-order valence-electron chi connectivity index (χ0n) is 13.6. The maximum atomic E-state index is 12.3. The van der Waals surface area contributed by atoms with Gasteiger partial charge in [-0.1, -0.05) is 12.1 Å². The van der Waals surface area contributed by atoms with E-state index in [1.54, 1.807) is 18.0 Å². The Bertz CT molecular complexity index is 704. The summed E-state index contributed by atoms with van der Waals surface area (Å²) in [5.74, 6) is 1.72. The molecule has 0 fully saturated rings. The van der Waals surface area contributed by atoms with E-state index < -0.39 is 0 Å². The van der Waals surface area contributed by atoms with Crippen molar-refractivity contribution in [2.75, 3.05) is 20.3 Å². The van der Waals surface area contributed by atoms with Crippen LogP contribution in [-0.2, 0) is 13.5 Å². The molecule has 0 saturated heterocycles. The minimum Gasteiger partial charge on any atom is -0.493 e. The van der Waals surface area contributed by atoms with E-state index in [0.29, 0.717) is 18.8 Å². The van der Waals surface area contributed by atoms with Crippen LogP contribution in [0.2, 0.25) is 0 Å². The van der Waals surface area contributed by atoms with E-state index in [0.717, 1.165) is 29.2 Å². The first-order valence-electron chi connectivity index (χ1n) is 7.65. The van der Waals surface area contributed by atoms with Crippen molar-refractivity contribution in [1.29, 1.82) is 0 Å². The summed E-state index contributed by atoms with van der Waals surface area (Å²) in [4.78, 5) is 16.4. The SMILES string of the molecule is COc1cccc2c1OC[C@H](CNC(=O)c1c(C)ncn1C)C2. The van der Waals surface area contributed by atoms with E-state index in [1.165, 1.54) is 0 Å². The summed E-state index contributed by atoms with van der Waals surface area (Å²) in [6.45, 7) is 2.97. The minimum absolute atomic E-state index is 0.0982. The lowest BCUT2D eigenvalue weighted by Crippen LogP contribution is -2.35. The first-order valence-corrected chi connectivity index (χ1v) is 7.65. The maximum Gasteiger partial charge on any atom is 0.269 e. The highest BCUT2D eigenvalue weighted by Crippen LogP contribution is 2.35. The standard InChI is InChI=1S/C17H21N3O3/c1-11-15(20(2)10-19-11)17(21)18-8-12-7-13-5-4-6-14(22-3)16(13)23-9-12/h4-6,10,12H,7-9H2,1-3H3,(H,18,21)/t12-/m0/s1. The van der Waals surface area contributed by atoms with Crippen LogP contribution >= 0.6 is 0 Å². The zero-order valence-corrected chi connectivity index (χ0v) is 13.6. The number of carbonyl (C=O) groups is 1. The van der Waals surface area contributed by atoms with Crippen molar-refractivity contribution in [2.45, 2.75) is 13.3 Å². The molecule has 2 aromatic rings. The Kier molecular flexibility index (Phi) is 4.23. The van der Waals surface area contributed by atoms with E-state index in [-0.39, 0.29) is 11.8 Å². The van der Waals surface area contributed by atoms with Gasteiger partial charge in [-0.15, -0.1) is 0 Å². The second-order valence-corrected chi connectivity index (χ2v) is 5.83. The Labute approximate surface area is 135 Å². The number of aryl methyl sites for hydroxylation is 2. The van der Waals surface area contributed by atoms with Gasteiger partial charge in [0, 0.05) is 19.5 Å². The molecule has 0 aliphatic carbocycles. The van der Waals surface area contributed by atoms with Crippen LogP contribution in [-0.4, -0.2) is 35.7 Å². The molecule has 6 heteroatoms. The Morgan fingerprint density at radius 2 is 2.35 bits per heavy atom. The lowest BCUT2D eigenvalue weighted by molar-refractivity contribution is 0.0929. The van der Waals surface area contributed by atoms with Crippen molar-refractivity contribution in [3.05, 3.63) is 41.5 Å². The fourth-order valence-corrected chi connectivity index (χ4v) is 2.94. The van der Waals surface area contributed by atoms with Gasteiger partial charge in [0.05, 0.1) is 25.7 Å². The Morgan fingerprint density at radius 1 is 1.52 bits per heavy atom. The molecule has 0 bridgehead atoms. The van der Waals surface area contributed by atoms with E-state index in [9.17, 15) is 4.79 Å². The van der Waals surface area contributed by atoms with Crippen LogP contribution in [0.3, 0.4) is 0 Å². The molecule has 0 unspecified atom stereocenters.